The molecule has 1 aliphatic heterocycles. The summed E-state index contributed by atoms with van der Waals surface area (Å²) in [5.74, 6) is 0.153. The van der Waals surface area contributed by atoms with E-state index in [0.29, 0.717) is 23.6 Å². The molecule has 1 saturated heterocycles. The maximum absolute atomic E-state index is 13.7. The Balaban J connectivity index is 1.84. The Morgan fingerprint density at radius 3 is 2.53 bits per heavy atom. The molecule has 30 heavy (non-hydrogen) atoms. The van der Waals surface area contributed by atoms with Crippen LogP contribution in [-0.4, -0.2) is 83.3 Å². The van der Waals surface area contributed by atoms with Crippen LogP contribution in [0.1, 0.15) is 30.9 Å². The first-order valence-electron chi connectivity index (χ1n) is 10.6. The van der Waals surface area contributed by atoms with Crippen molar-refractivity contribution < 1.29 is 12.8 Å². The first-order valence-corrected chi connectivity index (χ1v) is 12.7. The highest BCUT2D eigenvalue weighted by Crippen LogP contribution is 2.15. The predicted octanol–water partition coefficient (Wildman–Crippen LogP) is 1.45. The van der Waals surface area contributed by atoms with Gasteiger partial charge in [-0.25, -0.2) is 17.8 Å². The summed E-state index contributed by atoms with van der Waals surface area (Å²) < 4.78 is 37.0. The molecule has 0 radical (unpaired) electrons. The van der Waals surface area contributed by atoms with Gasteiger partial charge >= 0.3 is 0 Å². The van der Waals surface area contributed by atoms with Crippen LogP contribution in [0.3, 0.4) is 0 Å². The van der Waals surface area contributed by atoms with E-state index >= 15 is 0 Å². The summed E-state index contributed by atoms with van der Waals surface area (Å²) in [5.41, 5.74) is 1.18. The third-order valence-electron chi connectivity index (χ3n) is 5.13. The number of benzene rings is 1. The van der Waals surface area contributed by atoms with Gasteiger partial charge in [0, 0.05) is 45.5 Å². The van der Waals surface area contributed by atoms with Gasteiger partial charge in [0.15, 0.2) is 15.8 Å². The minimum atomic E-state index is -3.20. The van der Waals surface area contributed by atoms with Crippen LogP contribution < -0.4 is 10.6 Å². The zero-order chi connectivity index (χ0) is 22.0. The standard InChI is InChI=1S/C21H36FN5O2S/c1-4-23-21(24-9-5-6-10-27-13-11-26(2)12-14-27)25-16-19-15-20(22)8-7-18(19)17-30(3,28)29/h7-8,15H,4-6,9-14,16-17H2,1-3H3,(H2,23,24,25). The van der Waals surface area contributed by atoms with E-state index in [1.54, 1.807) is 0 Å². The average molecular weight is 442 g/mol. The molecule has 9 heteroatoms. The van der Waals surface area contributed by atoms with Gasteiger partial charge in [-0.3, -0.25) is 0 Å². The molecule has 2 N–H and O–H groups in total. The lowest BCUT2D eigenvalue weighted by molar-refractivity contribution is 0.152. The number of aliphatic imine (C=N–C) groups is 1. The molecule has 1 aromatic carbocycles. The second-order valence-corrected chi connectivity index (χ2v) is 10.1. The van der Waals surface area contributed by atoms with Crippen molar-refractivity contribution in [3.8, 4) is 0 Å². The van der Waals surface area contributed by atoms with Gasteiger partial charge in [-0.2, -0.15) is 0 Å². The number of nitrogens with zero attached hydrogens (tertiary/aromatic N) is 3. The van der Waals surface area contributed by atoms with Gasteiger partial charge in [0.05, 0.1) is 12.3 Å². The normalized spacial score (nSPS) is 16.6. The van der Waals surface area contributed by atoms with Crippen LogP contribution in [0.2, 0.25) is 0 Å². The topological polar surface area (TPSA) is 77.0 Å². The van der Waals surface area contributed by atoms with Crippen molar-refractivity contribution >= 4 is 15.8 Å². The first kappa shape index (κ1) is 24.6. The Labute approximate surface area is 180 Å². The maximum atomic E-state index is 13.7. The van der Waals surface area contributed by atoms with Crippen molar-refractivity contribution in [2.45, 2.75) is 32.1 Å². The SMILES string of the molecule is CCNC(=NCc1cc(F)ccc1CS(C)(=O)=O)NCCCCN1CCN(C)CC1. The second-order valence-electron chi connectivity index (χ2n) is 7.96. The monoisotopic (exact) mass is 441 g/mol. The molecule has 7 nitrogen and oxygen atoms in total. The molecule has 0 bridgehead atoms. The average Bonchev–Trinajstić information content (AvgIpc) is 2.68. The van der Waals surface area contributed by atoms with E-state index in [-0.39, 0.29) is 18.1 Å². The summed E-state index contributed by atoms with van der Waals surface area (Å²) in [5, 5.41) is 6.51. The molecule has 0 amide bonds. The fourth-order valence-corrected chi connectivity index (χ4v) is 4.26. The summed E-state index contributed by atoms with van der Waals surface area (Å²) in [7, 11) is -1.04. The molecule has 2 rings (SSSR count). The molecule has 170 valence electrons. The molecule has 0 aliphatic carbocycles. The highest BCUT2D eigenvalue weighted by molar-refractivity contribution is 7.89. The van der Waals surface area contributed by atoms with Crippen molar-refractivity contribution in [1.29, 1.82) is 0 Å². The molecule has 0 spiro atoms. The molecule has 1 aliphatic rings. The van der Waals surface area contributed by atoms with Crippen LogP contribution in [0.25, 0.3) is 0 Å². The third-order valence-corrected chi connectivity index (χ3v) is 5.96. The second kappa shape index (κ2) is 12.2. The van der Waals surface area contributed by atoms with E-state index in [4.69, 9.17) is 0 Å². The van der Waals surface area contributed by atoms with Gasteiger partial charge in [-0.15, -0.1) is 0 Å². The number of hydrogen-bond donors (Lipinski definition) is 2. The number of guanidine groups is 1. The van der Waals surface area contributed by atoms with Crippen molar-refractivity contribution in [2.75, 3.05) is 59.1 Å². The van der Waals surface area contributed by atoms with E-state index in [9.17, 15) is 12.8 Å². The fraction of sp³-hybridized carbons (Fsp3) is 0.667. The number of unbranched alkanes of at least 4 members (excludes halogenated alkanes) is 1. The third kappa shape index (κ3) is 9.40. The zero-order valence-electron chi connectivity index (χ0n) is 18.5. The van der Waals surface area contributed by atoms with E-state index in [1.807, 2.05) is 6.92 Å². The number of nitrogens with one attached hydrogen (secondary N) is 2. The Morgan fingerprint density at radius 2 is 1.87 bits per heavy atom. The van der Waals surface area contributed by atoms with Crippen molar-refractivity contribution in [3.05, 3.63) is 35.1 Å². The van der Waals surface area contributed by atoms with Crippen LogP contribution >= 0.6 is 0 Å². The van der Waals surface area contributed by atoms with Crippen LogP contribution in [0, 0.1) is 5.82 Å². The van der Waals surface area contributed by atoms with Crippen LogP contribution in [-0.2, 0) is 22.1 Å². The Bertz CT molecular complexity index is 793. The molecule has 1 heterocycles. The van der Waals surface area contributed by atoms with Crippen molar-refractivity contribution in [2.24, 2.45) is 4.99 Å². The zero-order valence-corrected chi connectivity index (χ0v) is 19.3. The fourth-order valence-electron chi connectivity index (χ4n) is 3.41. The molecule has 1 aromatic rings. The number of rotatable bonds is 10. The van der Waals surface area contributed by atoms with Crippen LogP contribution in [0.5, 0.6) is 0 Å². The van der Waals surface area contributed by atoms with Gasteiger partial charge in [-0.05, 0) is 56.6 Å². The number of piperazine rings is 1. The number of hydrogen-bond acceptors (Lipinski definition) is 5. The summed E-state index contributed by atoms with van der Waals surface area (Å²) in [6.45, 7) is 9.39. The molecule has 0 unspecified atom stereocenters. The molecular formula is C21H36FN5O2S. The van der Waals surface area contributed by atoms with E-state index in [2.05, 4.69) is 32.5 Å². The summed E-state index contributed by atoms with van der Waals surface area (Å²) >= 11 is 0. The minimum Gasteiger partial charge on any atom is -0.357 e. The summed E-state index contributed by atoms with van der Waals surface area (Å²) in [6.07, 6.45) is 3.34. The largest absolute Gasteiger partial charge is 0.357 e. The van der Waals surface area contributed by atoms with Gasteiger partial charge in [0.25, 0.3) is 0 Å². The van der Waals surface area contributed by atoms with Gasteiger partial charge in [0.1, 0.15) is 5.82 Å². The molecule has 0 saturated carbocycles. The first-order chi connectivity index (χ1) is 14.3. The quantitative estimate of drug-likeness (QED) is 0.325. The highest BCUT2D eigenvalue weighted by atomic mass is 32.2. The van der Waals surface area contributed by atoms with E-state index in [1.165, 1.54) is 24.5 Å². The number of halogens is 1. The summed E-state index contributed by atoms with van der Waals surface area (Å²) in [4.78, 5) is 9.39. The Morgan fingerprint density at radius 1 is 1.13 bits per heavy atom. The number of sulfone groups is 1. The smallest absolute Gasteiger partial charge is 0.191 e. The summed E-state index contributed by atoms with van der Waals surface area (Å²) in [6, 6.07) is 4.18. The molecular weight excluding hydrogens is 405 g/mol. The molecule has 1 fully saturated rings. The Kier molecular flexibility index (Phi) is 10.0. The van der Waals surface area contributed by atoms with Crippen molar-refractivity contribution in [1.82, 2.24) is 20.4 Å². The Hall–Kier alpha value is -1.71. The minimum absolute atomic E-state index is 0.117. The van der Waals surface area contributed by atoms with Gasteiger partial charge in [-0.1, -0.05) is 6.07 Å². The maximum Gasteiger partial charge on any atom is 0.191 e. The van der Waals surface area contributed by atoms with E-state index in [0.717, 1.165) is 52.1 Å². The van der Waals surface area contributed by atoms with Gasteiger partial charge < -0.3 is 20.4 Å². The molecule has 0 aromatic heterocycles. The lowest BCUT2D eigenvalue weighted by Gasteiger charge is -2.32. The van der Waals surface area contributed by atoms with Crippen LogP contribution in [0.15, 0.2) is 23.2 Å². The lowest BCUT2D eigenvalue weighted by Crippen LogP contribution is -2.44. The number of likely N-dealkylation sites (N-methyl/N-ethyl adjacent to an activating group) is 1. The predicted molar refractivity (Wildman–Crippen MR) is 121 cm³/mol. The lowest BCUT2D eigenvalue weighted by atomic mass is 10.1. The van der Waals surface area contributed by atoms with Crippen molar-refractivity contribution in [3.63, 3.8) is 0 Å². The highest BCUT2D eigenvalue weighted by Gasteiger charge is 2.13. The van der Waals surface area contributed by atoms with Crippen LogP contribution in [0.4, 0.5) is 4.39 Å². The molecule has 0 atom stereocenters. The van der Waals surface area contributed by atoms with Gasteiger partial charge in [0.2, 0.25) is 0 Å². The van der Waals surface area contributed by atoms with E-state index < -0.39 is 9.84 Å².